The predicted octanol–water partition coefficient (Wildman–Crippen LogP) is 5.46. The summed E-state index contributed by atoms with van der Waals surface area (Å²) in [6.07, 6.45) is 4.11. The second-order valence-electron chi connectivity index (χ2n) is 9.18. The Hall–Kier alpha value is -3.23. The Kier molecular flexibility index (Phi) is 7.86. The molecule has 190 valence electrons. The van der Waals surface area contributed by atoms with E-state index in [1.54, 1.807) is 4.90 Å². The van der Waals surface area contributed by atoms with Crippen molar-refractivity contribution >= 4 is 63.0 Å². The number of ether oxygens (including phenoxy) is 1. The Morgan fingerprint density at radius 2 is 1.86 bits per heavy atom. The second-order valence-corrected chi connectivity index (χ2v) is 10.9. The van der Waals surface area contributed by atoms with Crippen LogP contribution in [-0.2, 0) is 20.7 Å². The van der Waals surface area contributed by atoms with Crippen molar-refractivity contribution in [2.75, 3.05) is 31.1 Å². The molecule has 0 unspecified atom stereocenters. The van der Waals surface area contributed by atoms with Crippen LogP contribution in [0.5, 0.6) is 0 Å². The molecule has 37 heavy (non-hydrogen) atoms. The van der Waals surface area contributed by atoms with E-state index < -0.39 is 0 Å². The summed E-state index contributed by atoms with van der Waals surface area (Å²) >= 11 is 6.92. The Balaban J connectivity index is 1.40. The first-order valence-corrected chi connectivity index (χ1v) is 13.9. The number of pyridine rings is 1. The maximum absolute atomic E-state index is 13.3. The van der Waals surface area contributed by atoms with E-state index in [9.17, 15) is 9.59 Å². The summed E-state index contributed by atoms with van der Waals surface area (Å²) in [4.78, 5) is 35.1. The van der Waals surface area contributed by atoms with E-state index in [4.69, 9.17) is 21.9 Å². The van der Waals surface area contributed by atoms with Gasteiger partial charge in [0.1, 0.15) is 10.1 Å². The van der Waals surface area contributed by atoms with Crippen molar-refractivity contribution in [2.45, 2.75) is 26.2 Å². The first kappa shape index (κ1) is 25.4. The molecule has 2 saturated heterocycles. The van der Waals surface area contributed by atoms with E-state index in [1.807, 2.05) is 55.5 Å². The second kappa shape index (κ2) is 11.4. The van der Waals surface area contributed by atoms with Gasteiger partial charge in [-0.05, 0) is 50.0 Å². The topological polar surface area (TPSA) is 62.7 Å². The average molecular weight is 532 g/mol. The Bertz CT molecular complexity index is 1350. The van der Waals surface area contributed by atoms with Crippen LogP contribution in [0.15, 0.2) is 65.6 Å². The van der Waals surface area contributed by atoms with Gasteiger partial charge < -0.3 is 9.64 Å². The number of thioether (sulfide) groups is 1. The fourth-order valence-corrected chi connectivity index (χ4v) is 6.09. The molecule has 0 N–H and O–H groups in total. The molecule has 1 aromatic heterocycles. The quantitative estimate of drug-likeness (QED) is 0.228. The Labute approximate surface area is 226 Å². The molecule has 0 bridgehead atoms. The molecule has 0 atom stereocenters. The molecule has 1 amide bonds. The van der Waals surface area contributed by atoms with Gasteiger partial charge >= 0.3 is 5.97 Å². The van der Waals surface area contributed by atoms with Crippen molar-refractivity contribution in [1.82, 2.24) is 9.88 Å². The van der Waals surface area contributed by atoms with Crippen molar-refractivity contribution in [3.05, 3.63) is 76.7 Å². The van der Waals surface area contributed by atoms with E-state index in [-0.39, 0.29) is 17.8 Å². The number of anilines is 1. The van der Waals surface area contributed by atoms with Crippen LogP contribution in [0, 0.1) is 5.92 Å². The number of aromatic nitrogens is 1. The first-order chi connectivity index (χ1) is 18.0. The molecule has 5 rings (SSSR count). The Morgan fingerprint density at radius 3 is 2.62 bits per heavy atom. The number of esters is 1. The third-order valence-electron chi connectivity index (χ3n) is 6.77. The normalized spacial score (nSPS) is 17.7. The highest BCUT2D eigenvalue weighted by Crippen LogP contribution is 2.36. The SMILES string of the molecule is CCOC(=O)C1CCN(c2nc3ccccc3cc2/C=C2\SC(=S)N(CCc3ccccc3)C2=O)CC1. The van der Waals surface area contributed by atoms with E-state index >= 15 is 0 Å². The van der Waals surface area contributed by atoms with E-state index in [1.165, 1.54) is 17.3 Å². The minimum atomic E-state index is -0.118. The fourth-order valence-electron chi connectivity index (χ4n) is 4.79. The minimum Gasteiger partial charge on any atom is -0.466 e. The summed E-state index contributed by atoms with van der Waals surface area (Å²) < 4.78 is 5.81. The molecule has 2 fully saturated rings. The summed E-state index contributed by atoms with van der Waals surface area (Å²) in [6.45, 7) is 4.19. The summed E-state index contributed by atoms with van der Waals surface area (Å²) in [6, 6.07) is 20.2. The Morgan fingerprint density at radius 1 is 1.14 bits per heavy atom. The third kappa shape index (κ3) is 5.70. The van der Waals surface area contributed by atoms with Crippen LogP contribution in [0.4, 0.5) is 5.82 Å². The predicted molar refractivity (Wildman–Crippen MR) is 153 cm³/mol. The molecule has 0 radical (unpaired) electrons. The maximum atomic E-state index is 13.3. The van der Waals surface area contributed by atoms with Gasteiger partial charge in [0.25, 0.3) is 5.91 Å². The molecule has 0 spiro atoms. The van der Waals surface area contributed by atoms with Crippen molar-refractivity contribution in [2.24, 2.45) is 5.92 Å². The van der Waals surface area contributed by atoms with E-state index in [2.05, 4.69) is 23.1 Å². The number of piperidine rings is 1. The van der Waals surface area contributed by atoms with Crippen molar-refractivity contribution in [1.29, 1.82) is 0 Å². The molecule has 0 aliphatic carbocycles. The molecule has 8 heteroatoms. The summed E-state index contributed by atoms with van der Waals surface area (Å²) in [7, 11) is 0. The number of rotatable bonds is 7. The summed E-state index contributed by atoms with van der Waals surface area (Å²) in [5, 5.41) is 1.01. The van der Waals surface area contributed by atoms with Gasteiger partial charge in [-0.15, -0.1) is 0 Å². The number of carbonyl (C=O) groups is 2. The van der Waals surface area contributed by atoms with Gasteiger partial charge in [-0.2, -0.15) is 0 Å². The van der Waals surface area contributed by atoms with Gasteiger partial charge in [0, 0.05) is 30.6 Å². The smallest absolute Gasteiger partial charge is 0.309 e. The van der Waals surface area contributed by atoms with Crippen LogP contribution in [0.2, 0.25) is 0 Å². The van der Waals surface area contributed by atoms with Gasteiger partial charge in [0.2, 0.25) is 0 Å². The van der Waals surface area contributed by atoms with Crippen LogP contribution < -0.4 is 4.90 Å². The zero-order chi connectivity index (χ0) is 25.8. The number of fused-ring (bicyclic) bond motifs is 1. The molecule has 2 aliphatic rings. The lowest BCUT2D eigenvalue weighted by atomic mass is 9.96. The highest BCUT2D eigenvalue weighted by molar-refractivity contribution is 8.26. The van der Waals surface area contributed by atoms with Gasteiger partial charge in [-0.1, -0.05) is 72.5 Å². The number of para-hydroxylation sites is 1. The molecule has 3 aromatic rings. The summed E-state index contributed by atoms with van der Waals surface area (Å²) in [5.41, 5.74) is 2.96. The monoisotopic (exact) mass is 531 g/mol. The number of benzene rings is 2. The lowest BCUT2D eigenvalue weighted by Gasteiger charge is -2.32. The van der Waals surface area contributed by atoms with Gasteiger partial charge in [0.05, 0.1) is 22.9 Å². The van der Waals surface area contributed by atoms with Crippen molar-refractivity contribution in [3.8, 4) is 0 Å². The van der Waals surface area contributed by atoms with E-state index in [0.29, 0.717) is 48.3 Å². The van der Waals surface area contributed by atoms with Gasteiger partial charge in [0.15, 0.2) is 0 Å². The maximum Gasteiger partial charge on any atom is 0.309 e. The number of nitrogens with zero attached hydrogens (tertiary/aromatic N) is 3. The van der Waals surface area contributed by atoms with E-state index in [0.717, 1.165) is 28.7 Å². The summed E-state index contributed by atoms with van der Waals surface area (Å²) in [5.74, 6) is 0.565. The van der Waals surface area contributed by atoms with Crippen LogP contribution in [-0.4, -0.2) is 52.3 Å². The minimum absolute atomic E-state index is 0.0638. The van der Waals surface area contributed by atoms with Crippen molar-refractivity contribution < 1.29 is 14.3 Å². The molecular weight excluding hydrogens is 502 g/mol. The molecular formula is C29H29N3O3S2. The largest absolute Gasteiger partial charge is 0.466 e. The van der Waals surface area contributed by atoms with Crippen LogP contribution in [0.3, 0.4) is 0 Å². The molecule has 2 aromatic carbocycles. The molecule has 0 saturated carbocycles. The third-order valence-corrected chi connectivity index (χ3v) is 8.15. The molecule has 6 nitrogen and oxygen atoms in total. The highest BCUT2D eigenvalue weighted by Gasteiger charge is 2.33. The van der Waals surface area contributed by atoms with Gasteiger partial charge in [-0.25, -0.2) is 4.98 Å². The lowest BCUT2D eigenvalue weighted by molar-refractivity contribution is -0.148. The number of thiocarbonyl (C=S) groups is 1. The number of carbonyl (C=O) groups excluding carboxylic acids is 2. The first-order valence-electron chi connectivity index (χ1n) is 12.6. The number of amides is 1. The fraction of sp³-hybridized carbons (Fsp3) is 0.310. The van der Waals surface area contributed by atoms with Crippen LogP contribution in [0.1, 0.15) is 30.9 Å². The average Bonchev–Trinajstić information content (AvgIpc) is 3.19. The lowest BCUT2D eigenvalue weighted by Crippen LogP contribution is -2.37. The van der Waals surface area contributed by atoms with Crippen LogP contribution >= 0.6 is 24.0 Å². The molecule has 3 heterocycles. The zero-order valence-electron chi connectivity index (χ0n) is 20.8. The number of hydrogen-bond acceptors (Lipinski definition) is 7. The molecule has 2 aliphatic heterocycles. The standard InChI is InChI=1S/C29H29N3O3S2/c1-2-35-28(34)21-13-15-31(16-14-21)26-23(18-22-10-6-7-11-24(22)30-26)19-25-27(33)32(29(36)37-25)17-12-20-8-4-3-5-9-20/h3-11,18-19,21H,2,12-17H2,1H3/b25-19-. The number of hydrogen-bond donors (Lipinski definition) is 0. The van der Waals surface area contributed by atoms with Crippen LogP contribution in [0.25, 0.3) is 17.0 Å². The zero-order valence-corrected chi connectivity index (χ0v) is 22.4. The van der Waals surface area contributed by atoms with Gasteiger partial charge in [-0.3, -0.25) is 14.5 Å². The highest BCUT2D eigenvalue weighted by atomic mass is 32.2. The van der Waals surface area contributed by atoms with Crippen molar-refractivity contribution in [3.63, 3.8) is 0 Å².